The molecule has 0 N–H and O–H groups in total. The second kappa shape index (κ2) is 4.82. The molecule has 0 spiro atoms. The molecule has 1 heterocycles. The average Bonchev–Trinajstić information content (AvgIpc) is 2.32. The van der Waals surface area contributed by atoms with E-state index in [1.807, 2.05) is 0 Å². The second-order valence-electron chi connectivity index (χ2n) is 3.29. The third kappa shape index (κ3) is 2.30. The summed E-state index contributed by atoms with van der Waals surface area (Å²) in [6.45, 7) is 0. The van der Waals surface area contributed by atoms with Crippen molar-refractivity contribution < 1.29 is 9.18 Å². The highest BCUT2D eigenvalue weighted by Gasteiger charge is 2.17. The number of carbonyl (C=O) groups is 1. The largest absolute Gasteiger partial charge is 0.288 e. The van der Waals surface area contributed by atoms with E-state index in [2.05, 4.69) is 4.98 Å². The summed E-state index contributed by atoms with van der Waals surface area (Å²) in [5.74, 6) is -1.20. The number of benzene rings is 1. The fourth-order valence-corrected chi connectivity index (χ4v) is 1.77. The van der Waals surface area contributed by atoms with Crippen molar-refractivity contribution in [2.45, 2.75) is 0 Å². The fourth-order valence-electron chi connectivity index (χ4n) is 1.38. The fraction of sp³-hybridized carbons (Fsp3) is 0. The molecule has 0 aliphatic rings. The van der Waals surface area contributed by atoms with Gasteiger partial charge in [0.25, 0.3) is 0 Å². The normalized spacial score (nSPS) is 10.3. The Kier molecular flexibility index (Phi) is 3.41. The van der Waals surface area contributed by atoms with Crippen molar-refractivity contribution >= 4 is 29.0 Å². The van der Waals surface area contributed by atoms with Crippen molar-refractivity contribution in [2.75, 3.05) is 0 Å². The number of hydrogen-bond donors (Lipinski definition) is 0. The molecule has 86 valence electrons. The zero-order chi connectivity index (χ0) is 12.4. The number of carbonyl (C=O) groups excluding carboxylic acids is 1. The molecule has 0 saturated carbocycles. The van der Waals surface area contributed by atoms with E-state index in [-0.39, 0.29) is 21.2 Å². The predicted octanol–water partition coefficient (Wildman–Crippen LogP) is 3.76. The molecule has 0 aliphatic heterocycles. The molecule has 2 rings (SSSR count). The lowest BCUT2D eigenvalue weighted by molar-refractivity contribution is 0.103. The standard InChI is InChI=1S/C12H6Cl2FNO/c13-9-3-1-2-8(11(9)14)12(17)7-4-5-16-6-10(7)15/h1-6H. The van der Waals surface area contributed by atoms with Crippen LogP contribution in [0.5, 0.6) is 0 Å². The predicted molar refractivity (Wildman–Crippen MR) is 64.1 cm³/mol. The number of pyridine rings is 1. The summed E-state index contributed by atoms with van der Waals surface area (Å²) in [6.07, 6.45) is 2.32. The zero-order valence-corrected chi connectivity index (χ0v) is 9.97. The summed E-state index contributed by atoms with van der Waals surface area (Å²) in [7, 11) is 0. The Morgan fingerprint density at radius 2 is 1.94 bits per heavy atom. The molecule has 1 aromatic carbocycles. The van der Waals surface area contributed by atoms with Crippen LogP contribution >= 0.6 is 23.2 Å². The van der Waals surface area contributed by atoms with Crippen LogP contribution in [-0.4, -0.2) is 10.8 Å². The quantitative estimate of drug-likeness (QED) is 0.778. The Bertz CT molecular complexity index is 586. The van der Waals surface area contributed by atoms with Crippen molar-refractivity contribution in [1.29, 1.82) is 0 Å². The van der Waals surface area contributed by atoms with Crippen molar-refractivity contribution in [3.05, 3.63) is 63.6 Å². The van der Waals surface area contributed by atoms with E-state index in [1.165, 1.54) is 18.3 Å². The first-order valence-electron chi connectivity index (χ1n) is 4.69. The first-order valence-corrected chi connectivity index (χ1v) is 5.45. The molecule has 2 nitrogen and oxygen atoms in total. The Labute approximate surface area is 107 Å². The van der Waals surface area contributed by atoms with Crippen LogP contribution in [0.15, 0.2) is 36.7 Å². The Morgan fingerprint density at radius 3 is 2.65 bits per heavy atom. The molecule has 0 fully saturated rings. The highest BCUT2D eigenvalue weighted by molar-refractivity contribution is 6.44. The molecule has 0 atom stereocenters. The third-order valence-electron chi connectivity index (χ3n) is 2.21. The topological polar surface area (TPSA) is 30.0 Å². The first kappa shape index (κ1) is 12.0. The van der Waals surface area contributed by atoms with Gasteiger partial charge >= 0.3 is 0 Å². The molecule has 1 aromatic heterocycles. The van der Waals surface area contributed by atoms with Crippen LogP contribution in [0.4, 0.5) is 4.39 Å². The molecule has 0 bridgehead atoms. The molecule has 0 aliphatic carbocycles. The molecule has 0 saturated heterocycles. The molecule has 0 amide bonds. The number of hydrogen-bond acceptors (Lipinski definition) is 2. The lowest BCUT2D eigenvalue weighted by Crippen LogP contribution is -2.05. The maximum Gasteiger partial charge on any atom is 0.197 e. The number of ketones is 1. The Balaban J connectivity index is 2.52. The van der Waals surface area contributed by atoms with Gasteiger partial charge in [-0.1, -0.05) is 29.3 Å². The van der Waals surface area contributed by atoms with Crippen LogP contribution in [0.3, 0.4) is 0 Å². The van der Waals surface area contributed by atoms with Crippen molar-refractivity contribution in [3.63, 3.8) is 0 Å². The average molecular weight is 270 g/mol. The van der Waals surface area contributed by atoms with Crippen molar-refractivity contribution in [2.24, 2.45) is 0 Å². The molecule has 0 radical (unpaired) electrons. The highest BCUT2D eigenvalue weighted by atomic mass is 35.5. The van der Waals surface area contributed by atoms with Crippen molar-refractivity contribution in [1.82, 2.24) is 4.98 Å². The van der Waals surface area contributed by atoms with E-state index < -0.39 is 11.6 Å². The maximum absolute atomic E-state index is 13.4. The number of aromatic nitrogens is 1. The highest BCUT2D eigenvalue weighted by Crippen LogP contribution is 2.27. The van der Waals surface area contributed by atoms with Gasteiger partial charge < -0.3 is 0 Å². The molecule has 5 heteroatoms. The van der Waals surface area contributed by atoms with Crippen LogP contribution < -0.4 is 0 Å². The smallest absolute Gasteiger partial charge is 0.197 e. The maximum atomic E-state index is 13.4. The van der Waals surface area contributed by atoms with Gasteiger partial charge in [0.15, 0.2) is 11.6 Å². The van der Waals surface area contributed by atoms with Gasteiger partial charge in [0.1, 0.15) is 0 Å². The molecular weight excluding hydrogens is 264 g/mol. The monoisotopic (exact) mass is 269 g/mol. The Morgan fingerprint density at radius 1 is 1.18 bits per heavy atom. The Hall–Kier alpha value is -1.45. The van der Waals surface area contributed by atoms with Crippen LogP contribution in [0.25, 0.3) is 0 Å². The lowest BCUT2D eigenvalue weighted by atomic mass is 10.0. The van der Waals surface area contributed by atoms with E-state index in [0.717, 1.165) is 6.20 Å². The van der Waals surface area contributed by atoms with Gasteiger partial charge in [-0.2, -0.15) is 0 Å². The second-order valence-corrected chi connectivity index (χ2v) is 4.07. The van der Waals surface area contributed by atoms with E-state index in [1.54, 1.807) is 12.1 Å². The van der Waals surface area contributed by atoms with Gasteiger partial charge in [-0.15, -0.1) is 0 Å². The number of nitrogens with zero attached hydrogens (tertiary/aromatic N) is 1. The van der Waals surface area contributed by atoms with Crippen LogP contribution in [-0.2, 0) is 0 Å². The van der Waals surface area contributed by atoms with E-state index in [9.17, 15) is 9.18 Å². The summed E-state index contributed by atoms with van der Waals surface area (Å²) >= 11 is 11.7. The lowest BCUT2D eigenvalue weighted by Gasteiger charge is -2.05. The van der Waals surface area contributed by atoms with E-state index in [4.69, 9.17) is 23.2 Å². The van der Waals surface area contributed by atoms with Crippen molar-refractivity contribution in [3.8, 4) is 0 Å². The SMILES string of the molecule is O=C(c1ccncc1F)c1cccc(Cl)c1Cl. The van der Waals surface area contributed by atoms with Gasteiger partial charge in [-0.05, 0) is 18.2 Å². The van der Waals surface area contributed by atoms with Crippen LogP contribution in [0.1, 0.15) is 15.9 Å². The number of halogens is 3. The van der Waals surface area contributed by atoms with Crippen LogP contribution in [0, 0.1) is 5.82 Å². The summed E-state index contributed by atoms with van der Waals surface area (Å²) in [5, 5.41) is 0.377. The zero-order valence-electron chi connectivity index (χ0n) is 8.45. The molecular formula is C12H6Cl2FNO. The summed E-state index contributed by atoms with van der Waals surface area (Å²) < 4.78 is 13.4. The minimum Gasteiger partial charge on any atom is -0.288 e. The van der Waals surface area contributed by atoms with Gasteiger partial charge in [-0.3, -0.25) is 9.78 Å². The molecule has 0 unspecified atom stereocenters. The minimum absolute atomic E-state index is 0.0795. The van der Waals surface area contributed by atoms with Gasteiger partial charge in [0, 0.05) is 11.8 Å². The summed E-state index contributed by atoms with van der Waals surface area (Å²) in [6, 6.07) is 5.94. The number of rotatable bonds is 2. The molecule has 2 aromatic rings. The summed E-state index contributed by atoms with van der Waals surface area (Å²) in [5.41, 5.74) is 0.0911. The van der Waals surface area contributed by atoms with Gasteiger partial charge in [0.05, 0.1) is 21.8 Å². The van der Waals surface area contributed by atoms with E-state index in [0.29, 0.717) is 0 Å². The minimum atomic E-state index is -0.687. The van der Waals surface area contributed by atoms with Gasteiger partial charge in [-0.25, -0.2) is 4.39 Å². The summed E-state index contributed by atoms with van der Waals surface area (Å²) in [4.78, 5) is 15.6. The third-order valence-corrected chi connectivity index (χ3v) is 3.03. The van der Waals surface area contributed by atoms with E-state index >= 15 is 0 Å². The molecule has 17 heavy (non-hydrogen) atoms. The van der Waals surface area contributed by atoms with Crippen LogP contribution in [0.2, 0.25) is 10.0 Å². The first-order chi connectivity index (χ1) is 8.11. The van der Waals surface area contributed by atoms with Gasteiger partial charge in [0.2, 0.25) is 0 Å².